The Kier molecular flexibility index (Phi) is 7.17. The van der Waals surface area contributed by atoms with Crippen LogP contribution in [-0.2, 0) is 13.1 Å². The van der Waals surface area contributed by atoms with Crippen LogP contribution in [0.2, 0.25) is 0 Å². The van der Waals surface area contributed by atoms with E-state index in [1.165, 1.54) is 10.6 Å². The fourth-order valence-electron chi connectivity index (χ4n) is 3.03. The van der Waals surface area contributed by atoms with Crippen molar-refractivity contribution in [2.45, 2.75) is 13.1 Å². The number of nitrogens with one attached hydrogen (secondary N) is 1. The number of halogens is 1. The first kappa shape index (κ1) is 22.5. The standard InChI is InChI=1S/C24H23FN4O3/c1-4-20(14-17(2)25)26-22-27-23(30)29(16-18-8-6-5-7-9-18)24(31)28(22)15-19-10-12-21(32-3)13-11-19/h4-14H,1-2,15-16H2,3H3,(H,26,27,30)/b20-14+. The van der Waals surface area contributed by atoms with Gasteiger partial charge in [-0.15, -0.1) is 0 Å². The van der Waals surface area contributed by atoms with Crippen molar-refractivity contribution in [1.82, 2.24) is 14.1 Å². The van der Waals surface area contributed by atoms with Crippen molar-refractivity contribution in [3.05, 3.63) is 124 Å². The van der Waals surface area contributed by atoms with E-state index < -0.39 is 17.2 Å². The molecule has 164 valence electrons. The van der Waals surface area contributed by atoms with Crippen LogP contribution in [0.15, 0.2) is 101 Å². The van der Waals surface area contributed by atoms with E-state index in [0.29, 0.717) is 5.75 Å². The van der Waals surface area contributed by atoms with Gasteiger partial charge in [0.25, 0.3) is 0 Å². The molecule has 2 aromatic carbocycles. The summed E-state index contributed by atoms with van der Waals surface area (Å²) in [6.45, 7) is 6.99. The van der Waals surface area contributed by atoms with Crippen LogP contribution in [-0.4, -0.2) is 21.2 Å². The van der Waals surface area contributed by atoms with Crippen molar-refractivity contribution in [2.75, 3.05) is 12.4 Å². The van der Waals surface area contributed by atoms with Crippen molar-refractivity contribution < 1.29 is 9.13 Å². The quantitative estimate of drug-likeness (QED) is 0.522. The fourth-order valence-corrected chi connectivity index (χ4v) is 3.03. The van der Waals surface area contributed by atoms with Crippen molar-refractivity contribution in [3.63, 3.8) is 0 Å². The Morgan fingerprint density at radius 1 is 1.06 bits per heavy atom. The Labute approximate surface area is 184 Å². The van der Waals surface area contributed by atoms with Crippen LogP contribution < -0.4 is 21.4 Å². The third-order valence-electron chi connectivity index (χ3n) is 4.62. The molecule has 0 aliphatic rings. The van der Waals surface area contributed by atoms with Gasteiger partial charge in [-0.3, -0.25) is 4.57 Å². The highest BCUT2D eigenvalue weighted by Crippen LogP contribution is 2.14. The molecule has 1 N–H and O–H groups in total. The van der Waals surface area contributed by atoms with E-state index in [2.05, 4.69) is 23.5 Å². The van der Waals surface area contributed by atoms with Gasteiger partial charge in [-0.1, -0.05) is 55.6 Å². The first-order valence-electron chi connectivity index (χ1n) is 9.75. The van der Waals surface area contributed by atoms with Crippen molar-refractivity contribution in [3.8, 4) is 5.75 Å². The average molecular weight is 434 g/mol. The second-order valence-corrected chi connectivity index (χ2v) is 6.88. The second-order valence-electron chi connectivity index (χ2n) is 6.88. The zero-order chi connectivity index (χ0) is 23.1. The maximum atomic E-state index is 13.3. The molecule has 0 spiro atoms. The zero-order valence-corrected chi connectivity index (χ0v) is 17.6. The molecule has 7 nitrogen and oxygen atoms in total. The van der Waals surface area contributed by atoms with E-state index >= 15 is 0 Å². The highest BCUT2D eigenvalue weighted by atomic mass is 19.1. The fraction of sp³-hybridized carbons (Fsp3) is 0.125. The summed E-state index contributed by atoms with van der Waals surface area (Å²) >= 11 is 0. The van der Waals surface area contributed by atoms with E-state index in [-0.39, 0.29) is 24.7 Å². The van der Waals surface area contributed by atoms with Crippen LogP contribution >= 0.6 is 0 Å². The summed E-state index contributed by atoms with van der Waals surface area (Å²) in [7, 11) is 1.56. The summed E-state index contributed by atoms with van der Waals surface area (Å²) < 4.78 is 20.8. The van der Waals surface area contributed by atoms with Crippen LogP contribution in [0.3, 0.4) is 0 Å². The number of nitrogens with zero attached hydrogens (tertiary/aromatic N) is 3. The smallest absolute Gasteiger partial charge is 0.355 e. The van der Waals surface area contributed by atoms with Gasteiger partial charge >= 0.3 is 11.4 Å². The molecule has 8 heteroatoms. The van der Waals surface area contributed by atoms with Crippen molar-refractivity contribution in [1.29, 1.82) is 0 Å². The van der Waals surface area contributed by atoms with Crippen LogP contribution in [0.25, 0.3) is 0 Å². The summed E-state index contributed by atoms with van der Waals surface area (Å²) in [6.07, 6.45) is 2.43. The number of benzene rings is 2. The third kappa shape index (κ3) is 5.48. The predicted molar refractivity (Wildman–Crippen MR) is 123 cm³/mol. The molecular weight excluding hydrogens is 411 g/mol. The van der Waals surface area contributed by atoms with Crippen molar-refractivity contribution >= 4 is 5.95 Å². The summed E-state index contributed by atoms with van der Waals surface area (Å²) in [5.41, 5.74) is 0.477. The molecule has 32 heavy (non-hydrogen) atoms. The minimum absolute atomic E-state index is 0.0347. The van der Waals surface area contributed by atoms with Gasteiger partial charge in [-0.25, -0.2) is 18.5 Å². The van der Waals surface area contributed by atoms with Gasteiger partial charge in [-0.2, -0.15) is 4.98 Å². The highest BCUT2D eigenvalue weighted by molar-refractivity contribution is 5.42. The molecule has 1 aromatic heterocycles. The molecule has 0 aliphatic heterocycles. The maximum absolute atomic E-state index is 13.3. The van der Waals surface area contributed by atoms with Crippen molar-refractivity contribution in [2.24, 2.45) is 0 Å². The number of rotatable bonds is 9. The van der Waals surface area contributed by atoms with Gasteiger partial charge in [0.2, 0.25) is 5.95 Å². The van der Waals surface area contributed by atoms with E-state index in [0.717, 1.165) is 21.8 Å². The minimum Gasteiger partial charge on any atom is -0.497 e. The molecule has 1 heterocycles. The molecule has 0 atom stereocenters. The van der Waals surface area contributed by atoms with Crippen LogP contribution in [0.4, 0.5) is 10.3 Å². The van der Waals surface area contributed by atoms with Gasteiger partial charge in [0.1, 0.15) is 11.6 Å². The SMILES string of the molecule is C=C/C(=C\C(=C)F)Nc1nc(=O)n(Cc2ccccc2)c(=O)n1Cc1ccc(OC)cc1. The minimum atomic E-state index is -0.727. The van der Waals surface area contributed by atoms with Gasteiger partial charge < -0.3 is 10.1 Å². The molecule has 3 rings (SSSR count). The number of anilines is 1. The first-order chi connectivity index (χ1) is 15.4. The molecule has 0 bridgehead atoms. The number of aromatic nitrogens is 3. The Balaban J connectivity index is 2.10. The number of hydrogen-bond donors (Lipinski definition) is 1. The zero-order valence-electron chi connectivity index (χ0n) is 17.6. The van der Waals surface area contributed by atoms with Gasteiger partial charge in [0.15, 0.2) is 0 Å². The maximum Gasteiger partial charge on any atom is 0.355 e. The molecule has 0 fully saturated rings. The number of allylic oxidation sites excluding steroid dienone is 3. The van der Waals surface area contributed by atoms with E-state index in [4.69, 9.17) is 4.74 Å². The van der Waals surface area contributed by atoms with Crippen LogP contribution in [0, 0.1) is 0 Å². The van der Waals surface area contributed by atoms with Crippen LogP contribution in [0.5, 0.6) is 5.75 Å². The van der Waals surface area contributed by atoms with E-state index in [9.17, 15) is 14.0 Å². The van der Waals surface area contributed by atoms with Gasteiger partial charge in [-0.05, 0) is 35.4 Å². The molecule has 0 saturated carbocycles. The lowest BCUT2D eigenvalue weighted by atomic mass is 10.2. The average Bonchev–Trinajstić information content (AvgIpc) is 2.79. The largest absolute Gasteiger partial charge is 0.497 e. The monoisotopic (exact) mass is 434 g/mol. The lowest BCUT2D eigenvalue weighted by molar-refractivity contribution is 0.414. The number of methoxy groups -OCH3 is 1. The Hall–Kier alpha value is -4.20. The highest BCUT2D eigenvalue weighted by Gasteiger charge is 2.15. The summed E-state index contributed by atoms with van der Waals surface area (Å²) in [6, 6.07) is 16.3. The summed E-state index contributed by atoms with van der Waals surface area (Å²) in [4.78, 5) is 30.1. The van der Waals surface area contributed by atoms with E-state index in [1.807, 2.05) is 30.3 Å². The number of ether oxygens (including phenoxy) is 1. The molecule has 0 unspecified atom stereocenters. The summed E-state index contributed by atoms with van der Waals surface area (Å²) in [5.74, 6) is -0.0774. The lowest BCUT2D eigenvalue weighted by Gasteiger charge is -2.16. The molecule has 3 aromatic rings. The lowest BCUT2D eigenvalue weighted by Crippen LogP contribution is -2.43. The second kappa shape index (κ2) is 10.2. The Morgan fingerprint density at radius 2 is 1.69 bits per heavy atom. The third-order valence-corrected chi connectivity index (χ3v) is 4.62. The number of hydrogen-bond acceptors (Lipinski definition) is 5. The molecular formula is C24H23FN4O3. The Bertz CT molecular complexity index is 1260. The molecule has 0 radical (unpaired) electrons. The molecule has 0 amide bonds. The van der Waals surface area contributed by atoms with Gasteiger partial charge in [0, 0.05) is 5.70 Å². The normalized spacial score (nSPS) is 11.1. The summed E-state index contributed by atoms with van der Waals surface area (Å²) in [5, 5.41) is 2.80. The molecule has 0 aliphatic carbocycles. The van der Waals surface area contributed by atoms with E-state index in [1.54, 1.807) is 31.4 Å². The predicted octanol–water partition coefficient (Wildman–Crippen LogP) is 3.48. The van der Waals surface area contributed by atoms with Gasteiger partial charge in [0.05, 0.1) is 20.2 Å². The first-order valence-corrected chi connectivity index (χ1v) is 9.75. The topological polar surface area (TPSA) is 78.2 Å². The Morgan fingerprint density at radius 3 is 2.28 bits per heavy atom. The molecule has 0 saturated heterocycles. The van der Waals surface area contributed by atoms with Crippen LogP contribution in [0.1, 0.15) is 11.1 Å².